The Hall–Kier alpha value is -3.08. The highest BCUT2D eigenvalue weighted by Gasteiger charge is 2.26. The number of hydrogen-bond acceptors (Lipinski definition) is 4. The molecule has 0 N–H and O–H groups in total. The lowest BCUT2D eigenvalue weighted by atomic mass is 9.66. The maximum absolute atomic E-state index is 12.6. The summed E-state index contributed by atoms with van der Waals surface area (Å²) in [4.78, 5) is 25.2. The molecule has 0 bridgehead atoms. The maximum Gasteiger partial charge on any atom is 0.306 e. The molecule has 0 atom stereocenters. The van der Waals surface area contributed by atoms with Crippen molar-refractivity contribution in [3.63, 3.8) is 0 Å². The fraction of sp³-hybridized carbons (Fsp3) is 0.100. The zero-order valence-electron chi connectivity index (χ0n) is 14.0. The van der Waals surface area contributed by atoms with Gasteiger partial charge < -0.3 is 18.4 Å². The third kappa shape index (κ3) is 2.48. The molecule has 25 heavy (non-hydrogen) atoms. The van der Waals surface area contributed by atoms with Crippen molar-refractivity contribution in [1.82, 2.24) is 0 Å². The average Bonchev–Trinajstić information content (AvgIpc) is 3.14. The van der Waals surface area contributed by atoms with Gasteiger partial charge in [-0.05, 0) is 26.0 Å². The molecule has 2 heterocycles. The van der Waals surface area contributed by atoms with Crippen molar-refractivity contribution in [2.24, 2.45) is 0 Å². The van der Waals surface area contributed by atoms with Crippen LogP contribution in [0.1, 0.15) is 32.2 Å². The fourth-order valence-corrected chi connectivity index (χ4v) is 3.19. The van der Waals surface area contributed by atoms with Crippen molar-refractivity contribution in [1.29, 1.82) is 0 Å². The molecule has 0 aliphatic carbocycles. The van der Waals surface area contributed by atoms with E-state index in [0.717, 1.165) is 21.9 Å². The molecule has 0 aliphatic heterocycles. The van der Waals surface area contributed by atoms with Crippen LogP contribution < -0.4 is 0 Å². The smallest absolute Gasteiger partial charge is 0.306 e. The Balaban J connectivity index is 1.66. The quantitative estimate of drug-likeness (QED) is 0.526. The molecule has 0 radical (unpaired) electrons. The largest absolute Gasteiger partial charge is 0.454 e. The molecular formula is C20H15BO4. The lowest BCUT2D eigenvalue weighted by molar-refractivity contribution is 0.101. The van der Waals surface area contributed by atoms with E-state index >= 15 is 0 Å². The number of fused-ring (bicyclic) bond motifs is 2. The van der Waals surface area contributed by atoms with Crippen LogP contribution in [-0.4, -0.2) is 18.6 Å². The van der Waals surface area contributed by atoms with Crippen molar-refractivity contribution in [2.45, 2.75) is 13.8 Å². The lowest BCUT2D eigenvalue weighted by Crippen LogP contribution is -2.20. The lowest BCUT2D eigenvalue weighted by Gasteiger charge is -1.97. The number of benzene rings is 2. The van der Waals surface area contributed by atoms with Crippen molar-refractivity contribution in [2.75, 3.05) is 0 Å². The summed E-state index contributed by atoms with van der Waals surface area (Å²) in [7, 11) is -0.276. The van der Waals surface area contributed by atoms with Gasteiger partial charge in [0.2, 0.25) is 0 Å². The van der Waals surface area contributed by atoms with Crippen LogP contribution in [0.4, 0.5) is 0 Å². The molecule has 0 spiro atoms. The van der Waals surface area contributed by atoms with E-state index in [1.165, 1.54) is 0 Å². The van der Waals surface area contributed by atoms with E-state index in [1.54, 1.807) is 0 Å². The van der Waals surface area contributed by atoms with Crippen LogP contribution in [0.2, 0.25) is 0 Å². The second-order valence-electron chi connectivity index (χ2n) is 6.13. The summed E-state index contributed by atoms with van der Waals surface area (Å²) in [5.74, 6) is 0.478. The van der Waals surface area contributed by atoms with E-state index in [-0.39, 0.29) is 30.2 Å². The topological polar surface area (TPSA) is 60.4 Å². The number of hydrogen-bond donors (Lipinski definition) is 0. The van der Waals surface area contributed by atoms with Crippen molar-refractivity contribution in [3.8, 4) is 0 Å². The van der Waals surface area contributed by atoms with Crippen LogP contribution in [0, 0.1) is 13.8 Å². The van der Waals surface area contributed by atoms with Gasteiger partial charge in [0, 0.05) is 21.9 Å². The van der Waals surface area contributed by atoms with Crippen LogP contribution in [0.25, 0.3) is 21.9 Å². The molecule has 0 aliphatic rings. The first-order valence-corrected chi connectivity index (χ1v) is 8.09. The van der Waals surface area contributed by atoms with Gasteiger partial charge in [-0.1, -0.05) is 36.4 Å². The van der Waals surface area contributed by atoms with Gasteiger partial charge in [0.25, 0.3) is 0 Å². The Bertz CT molecular complexity index is 1040. The third-order valence-electron chi connectivity index (χ3n) is 4.51. The van der Waals surface area contributed by atoms with Gasteiger partial charge in [0.1, 0.15) is 11.2 Å². The monoisotopic (exact) mass is 330 g/mol. The average molecular weight is 330 g/mol. The highest BCUT2D eigenvalue weighted by Crippen LogP contribution is 2.27. The van der Waals surface area contributed by atoms with Crippen molar-refractivity contribution >= 4 is 40.6 Å². The first kappa shape index (κ1) is 15.5. The summed E-state index contributed by atoms with van der Waals surface area (Å²) in [6, 6.07) is 14.9. The van der Waals surface area contributed by atoms with Crippen molar-refractivity contribution in [3.05, 3.63) is 71.2 Å². The zero-order valence-corrected chi connectivity index (χ0v) is 14.0. The van der Waals surface area contributed by atoms with Gasteiger partial charge >= 0.3 is 7.28 Å². The standard InChI is InChI=1S/C20H15BO4/c1-11-13-7-3-5-9-15(13)24-17(11)19(22)21-20(23)18-12(2)14-8-4-6-10-16(14)25-18/h3-10,21H,1-2H3. The number of furan rings is 2. The van der Waals surface area contributed by atoms with Gasteiger partial charge in [-0.3, -0.25) is 0 Å². The van der Waals surface area contributed by atoms with Crippen LogP contribution in [-0.2, 0) is 0 Å². The van der Waals surface area contributed by atoms with E-state index in [0.29, 0.717) is 11.2 Å². The van der Waals surface area contributed by atoms with E-state index < -0.39 is 0 Å². The molecule has 5 heteroatoms. The van der Waals surface area contributed by atoms with Crippen molar-refractivity contribution < 1.29 is 18.4 Å². The highest BCUT2D eigenvalue weighted by atomic mass is 16.3. The minimum atomic E-state index is -0.335. The molecule has 0 unspecified atom stereocenters. The summed E-state index contributed by atoms with van der Waals surface area (Å²) >= 11 is 0. The summed E-state index contributed by atoms with van der Waals surface area (Å²) in [6.07, 6.45) is 0. The first-order valence-electron chi connectivity index (χ1n) is 8.09. The summed E-state index contributed by atoms with van der Waals surface area (Å²) < 4.78 is 11.3. The predicted octanol–water partition coefficient (Wildman–Crippen LogP) is 4.21. The highest BCUT2D eigenvalue weighted by molar-refractivity contribution is 7.00. The minimum Gasteiger partial charge on any atom is -0.454 e. The number of carbonyl (C=O) groups excluding carboxylic acids is 2. The Morgan fingerprint density at radius 3 is 1.52 bits per heavy atom. The van der Waals surface area contributed by atoms with E-state index in [2.05, 4.69) is 0 Å². The van der Waals surface area contributed by atoms with Crippen LogP contribution >= 0.6 is 0 Å². The SMILES string of the molecule is Cc1c(C(=O)BC(=O)c2oc3ccccc3c2C)oc2ccccc12. The van der Waals surface area contributed by atoms with E-state index in [9.17, 15) is 9.59 Å². The molecule has 0 fully saturated rings. The van der Waals surface area contributed by atoms with Gasteiger partial charge in [0.15, 0.2) is 22.9 Å². The normalized spacial score (nSPS) is 11.1. The molecule has 0 saturated carbocycles. The molecule has 4 aromatic rings. The third-order valence-corrected chi connectivity index (χ3v) is 4.51. The predicted molar refractivity (Wildman–Crippen MR) is 97.7 cm³/mol. The van der Waals surface area contributed by atoms with Gasteiger partial charge in [-0.15, -0.1) is 0 Å². The molecule has 122 valence electrons. The molecule has 4 rings (SSSR count). The fourth-order valence-electron chi connectivity index (χ4n) is 3.19. The molecule has 4 nitrogen and oxygen atoms in total. The summed E-state index contributed by atoms with van der Waals surface area (Å²) in [6.45, 7) is 3.66. The molecular weight excluding hydrogens is 315 g/mol. The molecule has 0 saturated heterocycles. The molecule has 0 amide bonds. The first-order chi connectivity index (χ1) is 12.1. The zero-order chi connectivity index (χ0) is 17.6. The number of rotatable bonds is 4. The summed E-state index contributed by atoms with van der Waals surface area (Å²) in [5.41, 5.74) is 2.15. The minimum absolute atomic E-state index is 0.239. The molecule has 2 aromatic heterocycles. The molecule has 2 aromatic carbocycles. The Labute approximate surface area is 144 Å². The van der Waals surface area contributed by atoms with Gasteiger partial charge in [-0.2, -0.15) is 0 Å². The van der Waals surface area contributed by atoms with Gasteiger partial charge in [-0.25, -0.2) is 0 Å². The van der Waals surface area contributed by atoms with Crippen LogP contribution in [0.5, 0.6) is 0 Å². The van der Waals surface area contributed by atoms with E-state index in [4.69, 9.17) is 8.83 Å². The Morgan fingerprint density at radius 1 is 0.720 bits per heavy atom. The number of carbonyl (C=O) groups is 2. The Morgan fingerprint density at radius 2 is 1.12 bits per heavy atom. The Kier molecular flexibility index (Phi) is 3.57. The number of aryl methyl sites for hydroxylation is 2. The van der Waals surface area contributed by atoms with E-state index in [1.807, 2.05) is 62.4 Å². The second-order valence-corrected chi connectivity index (χ2v) is 6.13. The maximum atomic E-state index is 12.6. The van der Waals surface area contributed by atoms with Crippen LogP contribution in [0.15, 0.2) is 57.4 Å². The second kappa shape index (κ2) is 5.78. The summed E-state index contributed by atoms with van der Waals surface area (Å²) in [5, 5.41) is 1.77. The van der Waals surface area contributed by atoms with Crippen LogP contribution in [0.3, 0.4) is 0 Å². The number of para-hydroxylation sites is 2. The van der Waals surface area contributed by atoms with Gasteiger partial charge in [0.05, 0.1) is 0 Å².